The predicted molar refractivity (Wildman–Crippen MR) is 107 cm³/mol. The van der Waals surface area contributed by atoms with Crippen molar-refractivity contribution in [2.24, 2.45) is 0 Å². The predicted octanol–water partition coefficient (Wildman–Crippen LogP) is 3.18. The number of thiophene rings is 1. The van der Waals surface area contributed by atoms with Gasteiger partial charge in [-0.05, 0) is 29.5 Å². The fourth-order valence-corrected chi connectivity index (χ4v) is 4.36. The Morgan fingerprint density at radius 3 is 2.75 bits per heavy atom. The number of aromatic nitrogens is 1. The molecule has 2 aromatic heterocycles. The molecule has 2 atom stereocenters. The van der Waals surface area contributed by atoms with Crippen molar-refractivity contribution in [3.8, 4) is 0 Å². The van der Waals surface area contributed by atoms with Crippen LogP contribution >= 0.6 is 11.3 Å². The lowest BCUT2D eigenvalue weighted by Crippen LogP contribution is -2.62. The molecule has 1 aliphatic heterocycles. The number of nitrogens with one attached hydrogen (secondary N) is 1. The van der Waals surface area contributed by atoms with Gasteiger partial charge in [0.1, 0.15) is 0 Å². The number of β-amino-alcohol motifs (C(OH)–C–C–N with tert-alkyl or cyclic N) is 1. The Morgan fingerprint density at radius 1 is 1.25 bits per heavy atom. The maximum absolute atomic E-state index is 14.2. The summed E-state index contributed by atoms with van der Waals surface area (Å²) < 4.78 is 14.2. The number of hydrogen-bond donors (Lipinski definition) is 2. The average molecular weight is 397 g/mol. The summed E-state index contributed by atoms with van der Waals surface area (Å²) in [4.78, 5) is 19.0. The van der Waals surface area contributed by atoms with Gasteiger partial charge >= 0.3 is 0 Å². The second kappa shape index (κ2) is 7.69. The van der Waals surface area contributed by atoms with Gasteiger partial charge in [-0.15, -0.1) is 11.3 Å². The number of pyridine rings is 1. The molecule has 0 unspecified atom stereocenters. The van der Waals surface area contributed by atoms with E-state index in [1.165, 1.54) is 23.7 Å². The summed E-state index contributed by atoms with van der Waals surface area (Å²) in [6.45, 7) is 0.679. The Kier molecular flexibility index (Phi) is 5.11. The van der Waals surface area contributed by atoms with Crippen LogP contribution in [0.2, 0.25) is 0 Å². The maximum atomic E-state index is 14.2. The van der Waals surface area contributed by atoms with E-state index in [9.17, 15) is 14.3 Å². The Bertz CT molecular complexity index is 951. The molecule has 1 amide bonds. The number of halogens is 1. The number of aliphatic hydroxyl groups is 1. The molecule has 28 heavy (non-hydrogen) atoms. The fraction of sp³-hybridized carbons (Fsp3) is 0.238. The lowest BCUT2D eigenvalue weighted by Gasteiger charge is -2.47. The summed E-state index contributed by atoms with van der Waals surface area (Å²) in [5.41, 5.74) is 0.296. The molecule has 3 heterocycles. The fourth-order valence-electron chi connectivity index (χ4n) is 3.74. The summed E-state index contributed by atoms with van der Waals surface area (Å²) in [6.07, 6.45) is 2.22. The Labute approximate surface area is 166 Å². The van der Waals surface area contributed by atoms with E-state index in [1.807, 2.05) is 41.8 Å². The highest BCUT2D eigenvalue weighted by atomic mass is 32.1. The van der Waals surface area contributed by atoms with Gasteiger partial charge < -0.3 is 15.3 Å². The minimum absolute atomic E-state index is 0.195. The van der Waals surface area contributed by atoms with E-state index in [-0.39, 0.29) is 12.5 Å². The van der Waals surface area contributed by atoms with Crippen LogP contribution in [0.15, 0.2) is 66.3 Å². The van der Waals surface area contributed by atoms with Crippen LogP contribution in [0.3, 0.4) is 0 Å². The third-order valence-corrected chi connectivity index (χ3v) is 6.07. The molecule has 4 rings (SSSR count). The van der Waals surface area contributed by atoms with Crippen LogP contribution in [-0.4, -0.2) is 35.2 Å². The van der Waals surface area contributed by atoms with Crippen molar-refractivity contribution in [3.05, 3.63) is 82.6 Å². The first kappa shape index (κ1) is 18.6. The molecule has 1 aliphatic rings. The van der Waals surface area contributed by atoms with Gasteiger partial charge in [-0.25, -0.2) is 4.39 Å². The van der Waals surface area contributed by atoms with Gasteiger partial charge in [-0.2, -0.15) is 0 Å². The van der Waals surface area contributed by atoms with Crippen molar-refractivity contribution in [1.29, 1.82) is 0 Å². The molecular formula is C21H20FN3O2S. The molecular weight excluding hydrogens is 377 g/mol. The highest BCUT2D eigenvalue weighted by Gasteiger charge is 2.45. The van der Waals surface area contributed by atoms with Crippen LogP contribution < -0.4 is 10.2 Å². The summed E-state index contributed by atoms with van der Waals surface area (Å²) in [5.74, 6) is -0.647. The zero-order valence-electron chi connectivity index (χ0n) is 15.1. The van der Waals surface area contributed by atoms with Crippen molar-refractivity contribution in [2.45, 2.75) is 18.1 Å². The van der Waals surface area contributed by atoms with Crippen molar-refractivity contribution in [3.63, 3.8) is 0 Å². The number of piperidine rings is 1. The third-order valence-electron chi connectivity index (χ3n) is 5.20. The van der Waals surface area contributed by atoms with E-state index >= 15 is 0 Å². The highest BCUT2D eigenvalue weighted by molar-refractivity contribution is 7.12. The van der Waals surface area contributed by atoms with Crippen LogP contribution in [0.5, 0.6) is 0 Å². The molecule has 0 spiro atoms. The molecule has 0 bridgehead atoms. The first-order valence-electron chi connectivity index (χ1n) is 9.04. The number of benzene rings is 1. The zero-order chi connectivity index (χ0) is 19.6. The van der Waals surface area contributed by atoms with E-state index in [4.69, 9.17) is 0 Å². The minimum atomic E-state index is -0.942. The molecule has 3 aromatic rings. The molecule has 0 saturated carbocycles. The van der Waals surface area contributed by atoms with Gasteiger partial charge in [0.2, 0.25) is 0 Å². The van der Waals surface area contributed by atoms with Crippen molar-refractivity contribution in [2.75, 3.05) is 18.0 Å². The smallest absolute Gasteiger partial charge is 0.262 e. The topological polar surface area (TPSA) is 65.5 Å². The van der Waals surface area contributed by atoms with E-state index in [1.54, 1.807) is 17.0 Å². The third kappa shape index (κ3) is 3.39. The van der Waals surface area contributed by atoms with E-state index in [2.05, 4.69) is 10.3 Å². The zero-order valence-corrected chi connectivity index (χ0v) is 15.9. The summed E-state index contributed by atoms with van der Waals surface area (Å²) in [6, 6.07) is 14.6. The van der Waals surface area contributed by atoms with Crippen molar-refractivity contribution < 1.29 is 14.3 Å². The average Bonchev–Trinajstić information content (AvgIpc) is 3.26. The number of hydrogen-bond acceptors (Lipinski definition) is 5. The van der Waals surface area contributed by atoms with Crippen LogP contribution in [0.4, 0.5) is 10.1 Å². The van der Waals surface area contributed by atoms with Gasteiger partial charge in [0.25, 0.3) is 5.91 Å². The molecule has 5 nitrogen and oxygen atoms in total. The quantitative estimate of drug-likeness (QED) is 0.710. The largest absolute Gasteiger partial charge is 0.388 e. The van der Waals surface area contributed by atoms with Crippen LogP contribution in [0, 0.1) is 5.82 Å². The summed E-state index contributed by atoms with van der Waals surface area (Å²) in [7, 11) is 0. The van der Waals surface area contributed by atoms with Gasteiger partial charge in [0.15, 0.2) is 5.82 Å². The Morgan fingerprint density at radius 2 is 2.07 bits per heavy atom. The van der Waals surface area contributed by atoms with Gasteiger partial charge in [-0.3, -0.25) is 9.78 Å². The van der Waals surface area contributed by atoms with Gasteiger partial charge in [-0.1, -0.05) is 36.4 Å². The van der Waals surface area contributed by atoms with E-state index < -0.39 is 17.5 Å². The molecule has 0 aliphatic carbocycles. The molecule has 1 saturated heterocycles. The number of amides is 1. The van der Waals surface area contributed by atoms with Crippen molar-refractivity contribution >= 4 is 22.9 Å². The molecule has 2 N–H and O–H groups in total. The number of carbonyl (C=O) groups is 1. The van der Waals surface area contributed by atoms with Crippen LogP contribution in [0.1, 0.15) is 21.7 Å². The second-order valence-electron chi connectivity index (χ2n) is 6.81. The van der Waals surface area contributed by atoms with Gasteiger partial charge in [0.05, 0.1) is 28.4 Å². The molecule has 7 heteroatoms. The highest BCUT2D eigenvalue weighted by Crippen LogP contribution is 2.36. The summed E-state index contributed by atoms with van der Waals surface area (Å²) in [5, 5.41) is 16.1. The van der Waals surface area contributed by atoms with E-state index in [0.29, 0.717) is 23.5 Å². The lowest BCUT2D eigenvalue weighted by molar-refractivity contribution is 0.0366. The van der Waals surface area contributed by atoms with Crippen LogP contribution in [-0.2, 0) is 5.54 Å². The SMILES string of the molecule is O=C(N[C@@]1(c2ccccc2)CCN(c2ccncc2F)C[C@H]1O)c1cccs1. The Balaban J connectivity index is 1.65. The number of carbonyl (C=O) groups excluding carboxylic acids is 1. The minimum Gasteiger partial charge on any atom is -0.388 e. The lowest BCUT2D eigenvalue weighted by atomic mass is 9.78. The maximum Gasteiger partial charge on any atom is 0.262 e. The molecule has 1 aromatic carbocycles. The van der Waals surface area contributed by atoms with E-state index in [0.717, 1.165) is 5.56 Å². The first-order chi connectivity index (χ1) is 13.6. The number of aliphatic hydroxyl groups excluding tert-OH is 1. The number of anilines is 1. The standard InChI is InChI=1S/C21H20FN3O2S/c22-16-13-23-10-8-17(16)25-11-9-21(19(26)14-25,15-5-2-1-3-6-15)24-20(27)18-7-4-12-28-18/h1-8,10,12-13,19,26H,9,11,14H2,(H,24,27)/t19-,21-/m1/s1. The summed E-state index contributed by atoms with van der Waals surface area (Å²) >= 11 is 1.35. The normalized spacial score (nSPS) is 22.1. The molecule has 1 fully saturated rings. The Hall–Kier alpha value is -2.77. The molecule has 0 radical (unpaired) electrons. The first-order valence-corrected chi connectivity index (χ1v) is 9.92. The second-order valence-corrected chi connectivity index (χ2v) is 7.76. The molecule has 144 valence electrons. The number of nitrogens with zero attached hydrogens (tertiary/aromatic N) is 2. The number of rotatable bonds is 4. The monoisotopic (exact) mass is 397 g/mol. The van der Waals surface area contributed by atoms with Crippen molar-refractivity contribution in [1.82, 2.24) is 10.3 Å². The van der Waals surface area contributed by atoms with Crippen LogP contribution in [0.25, 0.3) is 0 Å². The van der Waals surface area contributed by atoms with Gasteiger partial charge in [0, 0.05) is 19.3 Å².